The number of carbonyl (C=O) groups excluding carboxylic acids is 2. The summed E-state index contributed by atoms with van der Waals surface area (Å²) in [4.78, 5) is 29.2. The summed E-state index contributed by atoms with van der Waals surface area (Å²) < 4.78 is 0. The van der Waals surface area contributed by atoms with Crippen LogP contribution in [0, 0.1) is 0 Å². The Morgan fingerprint density at radius 1 is 1.50 bits per heavy atom. The van der Waals surface area contributed by atoms with Crippen molar-refractivity contribution < 1.29 is 9.59 Å². The quantitative estimate of drug-likeness (QED) is 0.365. The number of pyridine rings is 1. The van der Waals surface area contributed by atoms with Crippen LogP contribution in [0.5, 0.6) is 0 Å². The summed E-state index contributed by atoms with van der Waals surface area (Å²) in [5.74, 6) is -1.02. The molecule has 0 bridgehead atoms. The van der Waals surface area contributed by atoms with E-state index in [2.05, 4.69) is 16.9 Å². The second-order valence-corrected chi connectivity index (χ2v) is 4.41. The lowest BCUT2D eigenvalue weighted by Gasteiger charge is -2.27. The van der Waals surface area contributed by atoms with Gasteiger partial charge in [0, 0.05) is 18.3 Å². The fourth-order valence-corrected chi connectivity index (χ4v) is 1.94. The molecular weight excluding hydrogens is 276 g/mol. The van der Waals surface area contributed by atoms with Gasteiger partial charge in [-0.2, -0.15) is 0 Å². The summed E-state index contributed by atoms with van der Waals surface area (Å²) in [5.41, 5.74) is 6.64. The van der Waals surface area contributed by atoms with E-state index >= 15 is 0 Å². The number of nitrogen functional groups attached to an aromatic ring is 1. The number of rotatable bonds is 3. The number of amides is 2. The van der Waals surface area contributed by atoms with Crippen molar-refractivity contribution >= 4 is 40.9 Å². The Bertz CT molecular complexity index is 639. The van der Waals surface area contributed by atoms with Gasteiger partial charge in [0.15, 0.2) is 5.11 Å². The topological polar surface area (TPSA) is 88.3 Å². The van der Waals surface area contributed by atoms with Gasteiger partial charge in [-0.1, -0.05) is 6.08 Å². The van der Waals surface area contributed by atoms with Gasteiger partial charge >= 0.3 is 0 Å². The van der Waals surface area contributed by atoms with Crippen molar-refractivity contribution in [3.8, 4) is 0 Å². The van der Waals surface area contributed by atoms with Gasteiger partial charge in [0.2, 0.25) is 0 Å². The average Bonchev–Trinajstić information content (AvgIpc) is 2.41. The molecule has 7 heteroatoms. The largest absolute Gasteiger partial charge is 0.397 e. The minimum absolute atomic E-state index is 0.0293. The molecular formula is C13H12N4O2S. The third kappa shape index (κ3) is 2.57. The standard InChI is InChI=1S/C13H12N4O2S/c1-2-5-17-12(19)9(11(18)16-13(17)20)6-8-3-4-15-7-10(8)14/h2-4,6-7H,1,5,14H2,(H,16,18,20). The molecule has 1 fully saturated rings. The predicted octanol–water partition coefficient (Wildman–Crippen LogP) is 0.477. The van der Waals surface area contributed by atoms with Gasteiger partial charge in [0.05, 0.1) is 11.9 Å². The highest BCUT2D eigenvalue weighted by Crippen LogP contribution is 2.17. The molecule has 1 aliphatic rings. The van der Waals surface area contributed by atoms with E-state index < -0.39 is 11.8 Å². The molecule has 0 aromatic carbocycles. The van der Waals surface area contributed by atoms with Gasteiger partial charge < -0.3 is 5.73 Å². The zero-order valence-corrected chi connectivity index (χ0v) is 11.3. The highest BCUT2D eigenvalue weighted by Gasteiger charge is 2.32. The van der Waals surface area contributed by atoms with E-state index in [-0.39, 0.29) is 17.2 Å². The van der Waals surface area contributed by atoms with Crippen LogP contribution in [-0.4, -0.2) is 33.4 Å². The van der Waals surface area contributed by atoms with Gasteiger partial charge in [-0.15, -0.1) is 6.58 Å². The third-order valence-electron chi connectivity index (χ3n) is 2.68. The Morgan fingerprint density at radius 2 is 2.25 bits per heavy atom. The number of anilines is 1. The van der Waals surface area contributed by atoms with Gasteiger partial charge in [0.25, 0.3) is 11.8 Å². The first-order chi connectivity index (χ1) is 9.54. The smallest absolute Gasteiger partial charge is 0.265 e. The van der Waals surface area contributed by atoms with E-state index in [1.165, 1.54) is 29.4 Å². The van der Waals surface area contributed by atoms with E-state index in [0.29, 0.717) is 11.3 Å². The van der Waals surface area contributed by atoms with Crippen molar-refractivity contribution in [3.05, 3.63) is 42.3 Å². The molecule has 1 aliphatic heterocycles. The lowest BCUT2D eigenvalue weighted by molar-refractivity contribution is -0.128. The Balaban J connectivity index is 2.42. The lowest BCUT2D eigenvalue weighted by atomic mass is 10.1. The van der Waals surface area contributed by atoms with Crippen molar-refractivity contribution in [2.45, 2.75) is 0 Å². The van der Waals surface area contributed by atoms with Crippen molar-refractivity contribution in [1.82, 2.24) is 15.2 Å². The van der Waals surface area contributed by atoms with Gasteiger partial charge in [-0.3, -0.25) is 24.8 Å². The van der Waals surface area contributed by atoms with Gasteiger partial charge in [0.1, 0.15) is 5.57 Å². The number of nitrogens with zero attached hydrogens (tertiary/aromatic N) is 2. The van der Waals surface area contributed by atoms with E-state index in [4.69, 9.17) is 18.0 Å². The summed E-state index contributed by atoms with van der Waals surface area (Å²) in [5, 5.41) is 2.53. The number of carbonyl (C=O) groups is 2. The molecule has 1 saturated heterocycles. The van der Waals surface area contributed by atoms with Crippen LogP contribution in [-0.2, 0) is 9.59 Å². The number of hydrogen-bond acceptors (Lipinski definition) is 5. The molecule has 6 nitrogen and oxygen atoms in total. The zero-order valence-electron chi connectivity index (χ0n) is 10.5. The van der Waals surface area contributed by atoms with Crippen LogP contribution < -0.4 is 11.1 Å². The summed E-state index contributed by atoms with van der Waals surface area (Å²) >= 11 is 4.95. The second kappa shape index (κ2) is 5.62. The minimum atomic E-state index is -0.545. The summed E-state index contributed by atoms with van der Waals surface area (Å²) in [6.07, 6.45) is 5.93. The Morgan fingerprint density at radius 3 is 2.90 bits per heavy atom. The molecule has 3 N–H and O–H groups in total. The molecule has 0 atom stereocenters. The first kappa shape index (κ1) is 13.9. The van der Waals surface area contributed by atoms with Crippen molar-refractivity contribution in [1.29, 1.82) is 0 Å². The average molecular weight is 288 g/mol. The van der Waals surface area contributed by atoms with Crippen molar-refractivity contribution in [2.24, 2.45) is 0 Å². The van der Waals surface area contributed by atoms with Crippen LogP contribution >= 0.6 is 12.2 Å². The number of aromatic nitrogens is 1. The molecule has 2 amide bonds. The fourth-order valence-electron chi connectivity index (χ4n) is 1.69. The predicted molar refractivity (Wildman–Crippen MR) is 79.3 cm³/mol. The molecule has 102 valence electrons. The molecule has 0 radical (unpaired) electrons. The van der Waals surface area contributed by atoms with Crippen LogP contribution in [0.2, 0.25) is 0 Å². The van der Waals surface area contributed by atoms with E-state index in [1.807, 2.05) is 0 Å². The Labute approximate surface area is 121 Å². The number of nitrogens with one attached hydrogen (secondary N) is 1. The Kier molecular flexibility index (Phi) is 3.90. The van der Waals surface area contributed by atoms with E-state index in [1.54, 1.807) is 6.07 Å². The van der Waals surface area contributed by atoms with Crippen LogP contribution in [0.4, 0.5) is 5.69 Å². The lowest BCUT2D eigenvalue weighted by Crippen LogP contribution is -2.53. The van der Waals surface area contributed by atoms with Crippen molar-refractivity contribution in [3.63, 3.8) is 0 Å². The first-order valence-corrected chi connectivity index (χ1v) is 6.14. The zero-order chi connectivity index (χ0) is 14.7. The van der Waals surface area contributed by atoms with Crippen LogP contribution in [0.25, 0.3) is 6.08 Å². The monoisotopic (exact) mass is 288 g/mol. The van der Waals surface area contributed by atoms with Gasteiger partial charge in [-0.05, 0) is 24.4 Å². The van der Waals surface area contributed by atoms with Crippen LogP contribution in [0.1, 0.15) is 5.56 Å². The SMILES string of the molecule is C=CCN1C(=O)C(=Cc2ccncc2N)C(=O)NC1=S. The molecule has 0 unspecified atom stereocenters. The number of thiocarbonyl (C=S) groups is 1. The Hall–Kier alpha value is -2.54. The molecule has 0 saturated carbocycles. The number of hydrogen-bond donors (Lipinski definition) is 2. The molecule has 1 aromatic rings. The maximum Gasteiger partial charge on any atom is 0.265 e. The molecule has 2 heterocycles. The molecule has 0 aliphatic carbocycles. The normalized spacial score (nSPS) is 17.3. The van der Waals surface area contributed by atoms with E-state index in [0.717, 1.165) is 0 Å². The molecule has 20 heavy (non-hydrogen) atoms. The molecule has 0 spiro atoms. The third-order valence-corrected chi connectivity index (χ3v) is 3.01. The summed E-state index contributed by atoms with van der Waals surface area (Å²) in [6, 6.07) is 1.62. The maximum absolute atomic E-state index is 12.3. The van der Waals surface area contributed by atoms with Gasteiger partial charge in [-0.25, -0.2) is 0 Å². The maximum atomic E-state index is 12.3. The fraction of sp³-hybridized carbons (Fsp3) is 0.0769. The van der Waals surface area contributed by atoms with Crippen molar-refractivity contribution in [2.75, 3.05) is 12.3 Å². The van der Waals surface area contributed by atoms with E-state index in [9.17, 15) is 9.59 Å². The first-order valence-electron chi connectivity index (χ1n) is 5.74. The molecule has 1 aromatic heterocycles. The number of nitrogens with two attached hydrogens (primary N) is 1. The van der Waals surface area contributed by atoms with Crippen LogP contribution in [0.3, 0.4) is 0 Å². The highest BCUT2D eigenvalue weighted by atomic mass is 32.1. The molecule has 2 rings (SSSR count). The minimum Gasteiger partial charge on any atom is -0.397 e. The summed E-state index contributed by atoms with van der Waals surface area (Å²) in [6.45, 7) is 3.78. The highest BCUT2D eigenvalue weighted by molar-refractivity contribution is 7.80. The summed E-state index contributed by atoms with van der Waals surface area (Å²) in [7, 11) is 0. The second-order valence-electron chi connectivity index (χ2n) is 4.03. The van der Waals surface area contributed by atoms with Crippen LogP contribution in [0.15, 0.2) is 36.7 Å².